The van der Waals surface area contributed by atoms with Gasteiger partial charge in [0.1, 0.15) is 5.75 Å². The minimum Gasteiger partial charge on any atom is -0.484 e. The van der Waals surface area contributed by atoms with E-state index in [2.05, 4.69) is 22.0 Å². The van der Waals surface area contributed by atoms with Crippen LogP contribution in [0.2, 0.25) is 0 Å². The summed E-state index contributed by atoms with van der Waals surface area (Å²) in [7, 11) is 0. The fourth-order valence-corrected chi connectivity index (χ4v) is 3.15. The second kappa shape index (κ2) is 6.67. The zero-order valence-corrected chi connectivity index (χ0v) is 13.9. The molecule has 1 saturated heterocycles. The fraction of sp³-hybridized carbons (Fsp3) is 0.353. The smallest absolute Gasteiger partial charge is 0.260 e. The zero-order chi connectivity index (χ0) is 15.5. The van der Waals surface area contributed by atoms with Gasteiger partial charge >= 0.3 is 0 Å². The molecule has 0 aromatic heterocycles. The largest absolute Gasteiger partial charge is 0.484 e. The van der Waals surface area contributed by atoms with Crippen molar-refractivity contribution in [1.29, 1.82) is 0 Å². The minimum absolute atomic E-state index is 0.0341. The Bertz CT molecular complexity index is 689. The molecule has 2 aromatic carbocycles. The van der Waals surface area contributed by atoms with E-state index in [4.69, 9.17) is 10.5 Å². The Morgan fingerprint density at radius 1 is 1.27 bits per heavy atom. The summed E-state index contributed by atoms with van der Waals surface area (Å²) < 4.78 is 6.70. The molecule has 116 valence electrons. The Balaban J connectivity index is 1.61. The molecule has 22 heavy (non-hydrogen) atoms. The van der Waals surface area contributed by atoms with Gasteiger partial charge in [-0.15, -0.1) is 0 Å². The minimum atomic E-state index is 0.0341. The van der Waals surface area contributed by atoms with Crippen LogP contribution < -0.4 is 10.5 Å². The lowest BCUT2D eigenvalue weighted by atomic mass is 10.1. The molecule has 0 radical (unpaired) electrons. The van der Waals surface area contributed by atoms with Crippen molar-refractivity contribution in [2.75, 3.05) is 26.2 Å². The van der Waals surface area contributed by atoms with Crippen LogP contribution >= 0.6 is 15.9 Å². The Labute approximate surface area is 138 Å². The molecule has 0 bridgehead atoms. The van der Waals surface area contributed by atoms with Crippen LogP contribution in [0, 0.1) is 5.92 Å². The van der Waals surface area contributed by atoms with Crippen LogP contribution in [-0.4, -0.2) is 37.0 Å². The first-order valence-corrected chi connectivity index (χ1v) is 8.25. The molecule has 0 saturated carbocycles. The molecule has 4 nitrogen and oxygen atoms in total. The van der Waals surface area contributed by atoms with Crippen molar-refractivity contribution in [3.05, 3.63) is 40.9 Å². The first-order chi connectivity index (χ1) is 10.7. The van der Waals surface area contributed by atoms with Gasteiger partial charge in [0.15, 0.2) is 6.61 Å². The van der Waals surface area contributed by atoms with Crippen molar-refractivity contribution in [1.82, 2.24) is 4.90 Å². The number of likely N-dealkylation sites (tertiary alicyclic amines) is 1. The van der Waals surface area contributed by atoms with E-state index in [0.29, 0.717) is 12.5 Å². The summed E-state index contributed by atoms with van der Waals surface area (Å²) in [6.07, 6.45) is 0.993. The number of rotatable bonds is 4. The van der Waals surface area contributed by atoms with E-state index in [0.717, 1.165) is 40.5 Å². The highest BCUT2D eigenvalue weighted by molar-refractivity contribution is 9.10. The van der Waals surface area contributed by atoms with Gasteiger partial charge in [-0.1, -0.05) is 28.1 Å². The molecule has 0 spiro atoms. The number of amides is 1. The van der Waals surface area contributed by atoms with Crippen molar-refractivity contribution in [3.63, 3.8) is 0 Å². The lowest BCUT2D eigenvalue weighted by Crippen LogP contribution is -2.33. The number of ether oxygens (including phenoxy) is 1. The van der Waals surface area contributed by atoms with Crippen LogP contribution in [0.5, 0.6) is 5.75 Å². The van der Waals surface area contributed by atoms with Gasteiger partial charge in [0, 0.05) is 17.6 Å². The molecule has 1 fully saturated rings. The van der Waals surface area contributed by atoms with Gasteiger partial charge in [0.05, 0.1) is 0 Å². The Hall–Kier alpha value is -1.59. The molecule has 2 aromatic rings. The number of carbonyl (C=O) groups excluding carboxylic acids is 1. The number of hydrogen-bond acceptors (Lipinski definition) is 3. The quantitative estimate of drug-likeness (QED) is 0.909. The maximum absolute atomic E-state index is 12.1. The molecular formula is C17H19BrN2O2. The monoisotopic (exact) mass is 362 g/mol. The third-order valence-corrected chi connectivity index (χ3v) is 4.60. The van der Waals surface area contributed by atoms with Crippen molar-refractivity contribution < 1.29 is 9.53 Å². The molecule has 2 N–H and O–H groups in total. The summed E-state index contributed by atoms with van der Waals surface area (Å²) in [6, 6.07) is 11.9. The van der Waals surface area contributed by atoms with Crippen LogP contribution in [0.4, 0.5) is 0 Å². The van der Waals surface area contributed by atoms with Crippen molar-refractivity contribution in [2.24, 2.45) is 11.7 Å². The average Bonchev–Trinajstić information content (AvgIpc) is 3.01. The molecule has 1 aliphatic heterocycles. The van der Waals surface area contributed by atoms with E-state index >= 15 is 0 Å². The summed E-state index contributed by atoms with van der Waals surface area (Å²) in [5.74, 6) is 1.19. The van der Waals surface area contributed by atoms with Gasteiger partial charge in [-0.2, -0.15) is 0 Å². The molecule has 1 heterocycles. The maximum atomic E-state index is 12.1. The highest BCUT2D eigenvalue weighted by Crippen LogP contribution is 2.24. The molecule has 3 rings (SSSR count). The van der Waals surface area contributed by atoms with E-state index in [1.807, 2.05) is 35.2 Å². The highest BCUT2D eigenvalue weighted by atomic mass is 79.9. The van der Waals surface area contributed by atoms with Crippen molar-refractivity contribution in [3.8, 4) is 5.75 Å². The molecule has 1 atom stereocenters. The normalized spacial score (nSPS) is 17.9. The third kappa shape index (κ3) is 3.42. The second-order valence-electron chi connectivity index (χ2n) is 5.67. The molecule has 5 heteroatoms. The molecule has 1 aliphatic rings. The van der Waals surface area contributed by atoms with Crippen LogP contribution in [0.3, 0.4) is 0 Å². The van der Waals surface area contributed by atoms with Crippen molar-refractivity contribution in [2.45, 2.75) is 6.42 Å². The van der Waals surface area contributed by atoms with Crippen LogP contribution in [0.15, 0.2) is 40.9 Å². The van der Waals surface area contributed by atoms with Crippen LogP contribution in [0.25, 0.3) is 10.8 Å². The van der Waals surface area contributed by atoms with E-state index in [1.165, 1.54) is 0 Å². The fourth-order valence-electron chi connectivity index (χ4n) is 2.77. The summed E-state index contributed by atoms with van der Waals surface area (Å²) in [5.41, 5.74) is 5.65. The number of nitrogens with zero attached hydrogens (tertiary/aromatic N) is 1. The van der Waals surface area contributed by atoms with E-state index in [1.54, 1.807) is 0 Å². The number of benzene rings is 2. The summed E-state index contributed by atoms with van der Waals surface area (Å²) in [5, 5.41) is 2.23. The number of hydrogen-bond donors (Lipinski definition) is 1. The van der Waals surface area contributed by atoms with Gasteiger partial charge in [0.2, 0.25) is 0 Å². The van der Waals surface area contributed by atoms with E-state index < -0.39 is 0 Å². The van der Waals surface area contributed by atoms with Gasteiger partial charge < -0.3 is 15.4 Å². The van der Waals surface area contributed by atoms with Gasteiger partial charge in [-0.05, 0) is 53.9 Å². The summed E-state index contributed by atoms with van der Waals surface area (Å²) >= 11 is 3.46. The second-order valence-corrected chi connectivity index (χ2v) is 6.59. The van der Waals surface area contributed by atoms with Crippen LogP contribution in [-0.2, 0) is 4.79 Å². The Morgan fingerprint density at radius 3 is 2.82 bits per heavy atom. The SMILES string of the molecule is NCC1CCN(C(=O)COc2ccc3cc(Br)ccc3c2)C1. The van der Waals surface area contributed by atoms with Gasteiger partial charge in [-0.25, -0.2) is 0 Å². The highest BCUT2D eigenvalue weighted by Gasteiger charge is 2.25. The topological polar surface area (TPSA) is 55.6 Å². The van der Waals surface area contributed by atoms with Crippen molar-refractivity contribution >= 4 is 32.6 Å². The zero-order valence-electron chi connectivity index (χ0n) is 12.3. The third-order valence-electron chi connectivity index (χ3n) is 4.11. The number of nitrogens with two attached hydrogens (primary N) is 1. The number of fused-ring (bicyclic) bond motifs is 1. The first-order valence-electron chi connectivity index (χ1n) is 7.45. The molecule has 0 aliphatic carbocycles. The van der Waals surface area contributed by atoms with Gasteiger partial charge in [-0.3, -0.25) is 4.79 Å². The Kier molecular flexibility index (Phi) is 4.64. The summed E-state index contributed by atoms with van der Waals surface area (Å²) in [4.78, 5) is 14.0. The number of carbonyl (C=O) groups is 1. The predicted molar refractivity (Wildman–Crippen MR) is 90.9 cm³/mol. The van der Waals surface area contributed by atoms with Gasteiger partial charge in [0.25, 0.3) is 5.91 Å². The lowest BCUT2D eigenvalue weighted by Gasteiger charge is -2.16. The predicted octanol–water partition coefficient (Wildman–Crippen LogP) is 2.79. The lowest BCUT2D eigenvalue weighted by molar-refractivity contribution is -0.132. The Morgan fingerprint density at radius 2 is 2.05 bits per heavy atom. The average molecular weight is 363 g/mol. The molecule has 1 unspecified atom stereocenters. The van der Waals surface area contributed by atoms with Crippen LogP contribution in [0.1, 0.15) is 6.42 Å². The first kappa shape index (κ1) is 15.3. The molecule has 1 amide bonds. The number of halogens is 1. The molecular weight excluding hydrogens is 344 g/mol. The standard InChI is InChI=1S/C17H19BrN2O2/c18-15-3-1-14-8-16(4-2-13(14)7-15)22-11-17(21)20-6-5-12(9-19)10-20/h1-4,7-8,12H,5-6,9-11,19H2. The van der Waals surface area contributed by atoms with E-state index in [-0.39, 0.29) is 12.5 Å². The summed E-state index contributed by atoms with van der Waals surface area (Å²) in [6.45, 7) is 2.27. The maximum Gasteiger partial charge on any atom is 0.260 e. The van der Waals surface area contributed by atoms with E-state index in [9.17, 15) is 4.79 Å².